The number of carbonyl (C=O) groups excluding carboxylic acids is 1. The van der Waals surface area contributed by atoms with E-state index in [0.29, 0.717) is 31.6 Å². The van der Waals surface area contributed by atoms with Crippen LogP contribution in [0.1, 0.15) is 18.4 Å². The lowest BCUT2D eigenvalue weighted by atomic mass is 10.1. The number of nitrogens with zero attached hydrogens (tertiary/aromatic N) is 2. The highest BCUT2D eigenvalue weighted by Crippen LogP contribution is 2.19. The topological polar surface area (TPSA) is 82.4 Å². The van der Waals surface area contributed by atoms with Crippen molar-refractivity contribution in [3.05, 3.63) is 76.6 Å². The number of nitrogens with one attached hydrogen (secondary N) is 1. The second kappa shape index (κ2) is 10.2. The van der Waals surface area contributed by atoms with Crippen LogP contribution < -0.4 is 20.3 Å². The van der Waals surface area contributed by atoms with E-state index in [1.54, 1.807) is 20.3 Å². The van der Waals surface area contributed by atoms with Gasteiger partial charge in [0.2, 0.25) is 5.91 Å². The molecule has 0 unspecified atom stereocenters. The van der Waals surface area contributed by atoms with Crippen LogP contribution in [-0.2, 0) is 17.9 Å². The molecule has 0 aliphatic heterocycles. The Morgan fingerprint density at radius 3 is 2.20 bits per heavy atom. The first kappa shape index (κ1) is 21.1. The average molecular weight is 407 g/mol. The Hall–Kier alpha value is -3.61. The van der Waals surface area contributed by atoms with Gasteiger partial charge in [0.15, 0.2) is 0 Å². The zero-order chi connectivity index (χ0) is 21.3. The average Bonchev–Trinajstić information content (AvgIpc) is 2.79. The monoisotopic (exact) mass is 407 g/mol. The Morgan fingerprint density at radius 1 is 0.933 bits per heavy atom. The van der Waals surface area contributed by atoms with Gasteiger partial charge >= 0.3 is 0 Å². The zero-order valence-electron chi connectivity index (χ0n) is 17.1. The van der Waals surface area contributed by atoms with E-state index in [4.69, 9.17) is 9.47 Å². The molecule has 1 heterocycles. The SMILES string of the molecule is COc1ccc(CNC(=O)CCCn2nc(-c3ccc(OC)cc3)ccc2=O)cc1. The highest BCUT2D eigenvalue weighted by atomic mass is 16.5. The normalized spacial score (nSPS) is 10.5. The molecular weight excluding hydrogens is 382 g/mol. The molecule has 0 spiro atoms. The number of methoxy groups -OCH3 is 2. The van der Waals surface area contributed by atoms with E-state index in [1.807, 2.05) is 48.5 Å². The predicted octanol–water partition coefficient (Wildman–Crippen LogP) is 3.02. The summed E-state index contributed by atoms with van der Waals surface area (Å²) >= 11 is 0. The number of amides is 1. The molecule has 0 aliphatic rings. The van der Waals surface area contributed by atoms with Crippen LogP contribution in [0.5, 0.6) is 11.5 Å². The van der Waals surface area contributed by atoms with Crippen LogP contribution in [0.4, 0.5) is 0 Å². The third-order valence-corrected chi connectivity index (χ3v) is 4.67. The lowest BCUT2D eigenvalue weighted by molar-refractivity contribution is -0.121. The maximum Gasteiger partial charge on any atom is 0.266 e. The van der Waals surface area contributed by atoms with Crippen LogP contribution in [0.15, 0.2) is 65.5 Å². The minimum atomic E-state index is -0.189. The van der Waals surface area contributed by atoms with Crippen LogP contribution in [0.25, 0.3) is 11.3 Å². The van der Waals surface area contributed by atoms with Crippen molar-refractivity contribution in [1.29, 1.82) is 0 Å². The highest BCUT2D eigenvalue weighted by Gasteiger charge is 2.06. The van der Waals surface area contributed by atoms with Gasteiger partial charge in [-0.3, -0.25) is 9.59 Å². The molecule has 30 heavy (non-hydrogen) atoms. The maximum absolute atomic E-state index is 12.1. The largest absolute Gasteiger partial charge is 0.497 e. The van der Waals surface area contributed by atoms with Gasteiger partial charge in [0, 0.05) is 31.1 Å². The number of aryl methyl sites for hydroxylation is 1. The molecule has 0 aliphatic carbocycles. The Kier molecular flexibility index (Phi) is 7.21. The summed E-state index contributed by atoms with van der Waals surface area (Å²) in [6, 6.07) is 18.2. The van der Waals surface area contributed by atoms with E-state index in [9.17, 15) is 9.59 Å². The highest BCUT2D eigenvalue weighted by molar-refractivity contribution is 5.75. The third kappa shape index (κ3) is 5.70. The van der Waals surface area contributed by atoms with Crippen molar-refractivity contribution in [2.75, 3.05) is 14.2 Å². The first-order chi connectivity index (χ1) is 14.6. The summed E-state index contributed by atoms with van der Waals surface area (Å²) < 4.78 is 11.7. The maximum atomic E-state index is 12.1. The summed E-state index contributed by atoms with van der Waals surface area (Å²) in [5.41, 5.74) is 2.39. The first-order valence-corrected chi connectivity index (χ1v) is 9.71. The number of rotatable bonds is 9. The molecule has 0 saturated carbocycles. The van der Waals surface area contributed by atoms with E-state index < -0.39 is 0 Å². The van der Waals surface area contributed by atoms with Crippen molar-refractivity contribution < 1.29 is 14.3 Å². The van der Waals surface area contributed by atoms with Crippen LogP contribution in [0.3, 0.4) is 0 Å². The van der Waals surface area contributed by atoms with Gasteiger partial charge in [0.05, 0.1) is 19.9 Å². The second-order valence-corrected chi connectivity index (χ2v) is 6.74. The van der Waals surface area contributed by atoms with Crippen molar-refractivity contribution in [3.8, 4) is 22.8 Å². The third-order valence-electron chi connectivity index (χ3n) is 4.67. The first-order valence-electron chi connectivity index (χ1n) is 9.71. The van der Waals surface area contributed by atoms with Crippen molar-refractivity contribution in [3.63, 3.8) is 0 Å². The Bertz CT molecular complexity index is 1030. The number of benzene rings is 2. The summed E-state index contributed by atoms with van der Waals surface area (Å²) in [6.07, 6.45) is 0.838. The summed E-state index contributed by atoms with van der Waals surface area (Å²) in [5.74, 6) is 1.47. The molecule has 7 heteroatoms. The van der Waals surface area contributed by atoms with E-state index in [2.05, 4.69) is 10.4 Å². The van der Waals surface area contributed by atoms with E-state index in [1.165, 1.54) is 10.7 Å². The molecule has 0 fully saturated rings. The summed E-state index contributed by atoms with van der Waals surface area (Å²) in [4.78, 5) is 24.2. The molecule has 1 aromatic heterocycles. The lowest BCUT2D eigenvalue weighted by Gasteiger charge is -2.09. The fraction of sp³-hybridized carbons (Fsp3) is 0.261. The minimum absolute atomic E-state index is 0.0647. The number of ether oxygens (including phenoxy) is 2. The Labute approximate surface area is 175 Å². The van der Waals surface area contributed by atoms with Crippen LogP contribution in [0.2, 0.25) is 0 Å². The zero-order valence-corrected chi connectivity index (χ0v) is 17.1. The fourth-order valence-corrected chi connectivity index (χ4v) is 2.95. The molecule has 3 rings (SSSR count). The summed E-state index contributed by atoms with van der Waals surface area (Å²) in [7, 11) is 3.23. The van der Waals surface area contributed by atoms with Gasteiger partial charge in [-0.25, -0.2) is 4.68 Å². The van der Waals surface area contributed by atoms with Crippen LogP contribution >= 0.6 is 0 Å². The quantitative estimate of drug-likeness (QED) is 0.590. The van der Waals surface area contributed by atoms with Gasteiger partial charge in [-0.1, -0.05) is 12.1 Å². The molecule has 0 atom stereocenters. The fourth-order valence-electron chi connectivity index (χ4n) is 2.95. The Morgan fingerprint density at radius 2 is 1.57 bits per heavy atom. The van der Waals surface area contributed by atoms with E-state index in [-0.39, 0.29) is 11.5 Å². The number of hydrogen-bond acceptors (Lipinski definition) is 5. The molecule has 0 saturated heterocycles. The van der Waals surface area contributed by atoms with Crippen molar-refractivity contribution >= 4 is 5.91 Å². The van der Waals surface area contributed by atoms with Gasteiger partial charge in [-0.05, 0) is 54.4 Å². The molecule has 1 N–H and O–H groups in total. The van der Waals surface area contributed by atoms with E-state index >= 15 is 0 Å². The van der Waals surface area contributed by atoms with Crippen LogP contribution in [-0.4, -0.2) is 29.9 Å². The molecule has 1 amide bonds. The van der Waals surface area contributed by atoms with Crippen molar-refractivity contribution in [2.24, 2.45) is 0 Å². The molecule has 3 aromatic rings. The second-order valence-electron chi connectivity index (χ2n) is 6.74. The van der Waals surface area contributed by atoms with Gasteiger partial charge in [-0.15, -0.1) is 0 Å². The van der Waals surface area contributed by atoms with E-state index in [0.717, 1.165) is 22.6 Å². The molecule has 7 nitrogen and oxygen atoms in total. The van der Waals surface area contributed by atoms with Crippen molar-refractivity contribution in [2.45, 2.75) is 25.9 Å². The lowest BCUT2D eigenvalue weighted by Crippen LogP contribution is -2.25. The Balaban J connectivity index is 1.52. The standard InChI is InChI=1S/C23H25N3O4/c1-29-19-9-5-17(6-10-19)16-24-22(27)4-3-15-26-23(28)14-13-21(25-26)18-7-11-20(30-2)12-8-18/h5-14H,3-4,15-16H2,1-2H3,(H,24,27). The van der Waals surface area contributed by atoms with Gasteiger partial charge in [0.1, 0.15) is 11.5 Å². The molecule has 2 aromatic carbocycles. The number of carbonyl (C=O) groups is 1. The van der Waals surface area contributed by atoms with Gasteiger partial charge < -0.3 is 14.8 Å². The number of hydrogen-bond donors (Lipinski definition) is 1. The summed E-state index contributed by atoms with van der Waals surface area (Å²) in [5, 5.41) is 7.31. The number of aromatic nitrogens is 2. The molecular formula is C23H25N3O4. The summed E-state index contributed by atoms with van der Waals surface area (Å²) in [6.45, 7) is 0.826. The van der Waals surface area contributed by atoms with Crippen LogP contribution in [0, 0.1) is 0 Å². The van der Waals surface area contributed by atoms with Gasteiger partial charge in [0.25, 0.3) is 5.56 Å². The van der Waals surface area contributed by atoms with Crippen molar-refractivity contribution in [1.82, 2.24) is 15.1 Å². The predicted molar refractivity (Wildman–Crippen MR) is 115 cm³/mol. The van der Waals surface area contributed by atoms with Gasteiger partial charge in [-0.2, -0.15) is 5.10 Å². The minimum Gasteiger partial charge on any atom is -0.497 e. The molecule has 0 radical (unpaired) electrons. The molecule has 0 bridgehead atoms. The molecule has 156 valence electrons. The smallest absolute Gasteiger partial charge is 0.266 e.